The molecule has 0 aromatic carbocycles. The lowest BCUT2D eigenvalue weighted by Crippen LogP contribution is -2.22. The number of aliphatic hydroxyl groups excluding tert-OH is 1. The molecule has 0 saturated heterocycles. The van der Waals surface area contributed by atoms with Crippen LogP contribution in [-0.2, 0) is 13.0 Å². The summed E-state index contributed by atoms with van der Waals surface area (Å²) in [6, 6.07) is -0.00353. The summed E-state index contributed by atoms with van der Waals surface area (Å²) < 4.78 is 2.05. The molecular formula is C9H14ClN3O. The topological polar surface area (TPSA) is 64.1 Å². The fraction of sp³-hybridized carbons (Fsp3) is 0.667. The van der Waals surface area contributed by atoms with E-state index in [0.29, 0.717) is 11.6 Å². The van der Waals surface area contributed by atoms with E-state index in [4.69, 9.17) is 22.4 Å². The minimum atomic E-state index is -0.00353. The summed E-state index contributed by atoms with van der Waals surface area (Å²) in [6.07, 6.45) is 2.57. The first-order valence-electron chi connectivity index (χ1n) is 4.85. The third-order valence-electron chi connectivity index (χ3n) is 2.62. The van der Waals surface area contributed by atoms with Gasteiger partial charge in [-0.05, 0) is 12.8 Å². The Kier molecular flexibility index (Phi) is 2.76. The molecule has 0 radical (unpaired) electrons. The predicted octanol–water partition coefficient (Wildman–Crippen LogP) is 0.865. The normalized spacial score (nSPS) is 20.9. The Morgan fingerprint density at radius 1 is 1.64 bits per heavy atom. The molecule has 1 aromatic rings. The molecule has 1 aliphatic heterocycles. The molecule has 0 aliphatic carbocycles. The highest BCUT2D eigenvalue weighted by atomic mass is 35.5. The Balaban J connectivity index is 2.41. The van der Waals surface area contributed by atoms with Crippen LogP contribution < -0.4 is 5.73 Å². The van der Waals surface area contributed by atoms with Crippen molar-refractivity contribution in [1.82, 2.24) is 9.55 Å². The Morgan fingerprint density at radius 3 is 3.14 bits per heavy atom. The molecular weight excluding hydrogens is 202 g/mol. The lowest BCUT2D eigenvalue weighted by molar-refractivity contribution is 0.293. The van der Waals surface area contributed by atoms with E-state index in [0.717, 1.165) is 30.9 Å². The number of aromatic nitrogens is 2. The van der Waals surface area contributed by atoms with Crippen molar-refractivity contribution >= 4 is 11.6 Å². The van der Waals surface area contributed by atoms with Gasteiger partial charge in [-0.25, -0.2) is 4.98 Å². The summed E-state index contributed by atoms with van der Waals surface area (Å²) in [5.41, 5.74) is 6.88. The standard InChI is InChI=1S/C9H14ClN3O/c10-9-8-6(11)2-1-4-13(8)7(12-9)3-5-14/h6,14H,1-5,11H2. The third kappa shape index (κ3) is 1.54. The number of halogens is 1. The van der Waals surface area contributed by atoms with E-state index in [1.54, 1.807) is 0 Å². The minimum absolute atomic E-state index is 0.00353. The van der Waals surface area contributed by atoms with Gasteiger partial charge in [0.05, 0.1) is 12.3 Å². The van der Waals surface area contributed by atoms with E-state index in [2.05, 4.69) is 4.98 Å². The second kappa shape index (κ2) is 3.88. The van der Waals surface area contributed by atoms with Gasteiger partial charge in [0.2, 0.25) is 0 Å². The molecule has 5 heteroatoms. The van der Waals surface area contributed by atoms with Crippen molar-refractivity contribution < 1.29 is 5.11 Å². The van der Waals surface area contributed by atoms with E-state index >= 15 is 0 Å². The van der Waals surface area contributed by atoms with Gasteiger partial charge in [0.25, 0.3) is 0 Å². The monoisotopic (exact) mass is 215 g/mol. The Bertz CT molecular complexity index is 337. The van der Waals surface area contributed by atoms with Gasteiger partial charge in [0.15, 0.2) is 5.15 Å². The van der Waals surface area contributed by atoms with Crippen LogP contribution in [0.3, 0.4) is 0 Å². The van der Waals surface area contributed by atoms with Crippen molar-refractivity contribution in [3.8, 4) is 0 Å². The Morgan fingerprint density at radius 2 is 2.43 bits per heavy atom. The van der Waals surface area contributed by atoms with Crippen molar-refractivity contribution in [1.29, 1.82) is 0 Å². The van der Waals surface area contributed by atoms with Gasteiger partial charge in [-0.1, -0.05) is 11.6 Å². The van der Waals surface area contributed by atoms with Gasteiger partial charge >= 0.3 is 0 Å². The van der Waals surface area contributed by atoms with Crippen LogP contribution in [0.1, 0.15) is 30.4 Å². The van der Waals surface area contributed by atoms with Crippen LogP contribution in [0.15, 0.2) is 0 Å². The average Bonchev–Trinajstić information content (AvgIpc) is 2.46. The van der Waals surface area contributed by atoms with Crippen molar-refractivity contribution in [2.45, 2.75) is 31.8 Å². The molecule has 2 rings (SSSR count). The Hall–Kier alpha value is -0.580. The molecule has 4 nitrogen and oxygen atoms in total. The molecule has 0 amide bonds. The maximum atomic E-state index is 8.87. The molecule has 0 spiro atoms. The fourth-order valence-corrected chi connectivity index (χ4v) is 2.32. The molecule has 2 heterocycles. The lowest BCUT2D eigenvalue weighted by atomic mass is 10.1. The van der Waals surface area contributed by atoms with Crippen LogP contribution in [0.25, 0.3) is 0 Å². The van der Waals surface area contributed by atoms with Crippen LogP contribution in [0.4, 0.5) is 0 Å². The predicted molar refractivity (Wildman–Crippen MR) is 54.2 cm³/mol. The van der Waals surface area contributed by atoms with Crippen molar-refractivity contribution in [2.75, 3.05) is 6.61 Å². The fourth-order valence-electron chi connectivity index (χ4n) is 1.98. The molecule has 0 fully saturated rings. The van der Waals surface area contributed by atoms with E-state index in [1.807, 2.05) is 4.57 Å². The second-order valence-corrected chi connectivity index (χ2v) is 3.94. The van der Waals surface area contributed by atoms with E-state index < -0.39 is 0 Å². The Labute approximate surface area is 87.7 Å². The highest BCUT2D eigenvalue weighted by Crippen LogP contribution is 2.30. The summed E-state index contributed by atoms with van der Waals surface area (Å²) in [6.45, 7) is 1.01. The van der Waals surface area contributed by atoms with Crippen molar-refractivity contribution in [3.63, 3.8) is 0 Å². The smallest absolute Gasteiger partial charge is 0.152 e. The quantitative estimate of drug-likeness (QED) is 0.770. The summed E-state index contributed by atoms with van der Waals surface area (Å²) in [5.74, 6) is 0.850. The maximum absolute atomic E-state index is 8.87. The maximum Gasteiger partial charge on any atom is 0.152 e. The van der Waals surface area contributed by atoms with Crippen LogP contribution in [0.5, 0.6) is 0 Å². The molecule has 1 atom stereocenters. The number of fused-ring (bicyclic) bond motifs is 1. The molecule has 0 bridgehead atoms. The number of nitrogens with two attached hydrogens (primary N) is 1. The lowest BCUT2D eigenvalue weighted by Gasteiger charge is -2.22. The van der Waals surface area contributed by atoms with Crippen LogP contribution in [0.2, 0.25) is 5.15 Å². The highest BCUT2D eigenvalue weighted by molar-refractivity contribution is 6.30. The van der Waals surface area contributed by atoms with Gasteiger partial charge in [0.1, 0.15) is 5.82 Å². The first-order valence-corrected chi connectivity index (χ1v) is 5.23. The molecule has 0 saturated carbocycles. The summed E-state index contributed by atoms with van der Waals surface area (Å²) in [7, 11) is 0. The number of aliphatic hydroxyl groups is 1. The van der Waals surface area contributed by atoms with Gasteiger partial charge in [-0.3, -0.25) is 0 Å². The van der Waals surface area contributed by atoms with Crippen molar-refractivity contribution in [3.05, 3.63) is 16.7 Å². The van der Waals surface area contributed by atoms with E-state index in [1.165, 1.54) is 0 Å². The summed E-state index contributed by atoms with van der Waals surface area (Å²) in [4.78, 5) is 4.22. The van der Waals surface area contributed by atoms with Crippen LogP contribution >= 0.6 is 11.6 Å². The summed E-state index contributed by atoms with van der Waals surface area (Å²) >= 11 is 6.00. The number of nitrogens with zero attached hydrogens (tertiary/aromatic N) is 2. The number of hydrogen-bond acceptors (Lipinski definition) is 3. The molecule has 14 heavy (non-hydrogen) atoms. The number of hydrogen-bond donors (Lipinski definition) is 2. The SMILES string of the molecule is NC1CCCn2c(CCO)nc(Cl)c21. The first kappa shape index (κ1) is 9.96. The zero-order chi connectivity index (χ0) is 10.1. The van der Waals surface area contributed by atoms with Crippen LogP contribution in [0, 0.1) is 0 Å². The number of rotatable bonds is 2. The summed E-state index contributed by atoms with van der Waals surface area (Å²) in [5, 5.41) is 9.37. The third-order valence-corrected chi connectivity index (χ3v) is 2.90. The zero-order valence-electron chi connectivity index (χ0n) is 7.91. The van der Waals surface area contributed by atoms with E-state index in [9.17, 15) is 0 Å². The largest absolute Gasteiger partial charge is 0.396 e. The van der Waals surface area contributed by atoms with Gasteiger partial charge < -0.3 is 15.4 Å². The minimum Gasteiger partial charge on any atom is -0.396 e. The molecule has 1 aromatic heterocycles. The van der Waals surface area contributed by atoms with Gasteiger partial charge in [-0.15, -0.1) is 0 Å². The van der Waals surface area contributed by atoms with E-state index in [-0.39, 0.29) is 12.6 Å². The molecule has 78 valence electrons. The molecule has 1 unspecified atom stereocenters. The zero-order valence-corrected chi connectivity index (χ0v) is 8.67. The average molecular weight is 216 g/mol. The first-order chi connectivity index (χ1) is 6.74. The highest BCUT2D eigenvalue weighted by Gasteiger charge is 2.24. The number of imidazole rings is 1. The van der Waals surface area contributed by atoms with Gasteiger partial charge in [-0.2, -0.15) is 0 Å². The molecule has 3 N–H and O–H groups in total. The van der Waals surface area contributed by atoms with Crippen molar-refractivity contribution in [2.24, 2.45) is 5.73 Å². The van der Waals surface area contributed by atoms with Gasteiger partial charge in [0, 0.05) is 19.0 Å². The second-order valence-electron chi connectivity index (χ2n) is 3.58. The van der Waals surface area contributed by atoms with Crippen LogP contribution in [-0.4, -0.2) is 21.3 Å². The molecule has 1 aliphatic rings.